The van der Waals surface area contributed by atoms with Crippen LogP contribution in [0.5, 0.6) is 17.2 Å². The van der Waals surface area contributed by atoms with Crippen LogP contribution in [0.4, 0.5) is 23.7 Å². The van der Waals surface area contributed by atoms with Crippen molar-refractivity contribution in [2.45, 2.75) is 19.6 Å². The number of thioether (sulfide) groups is 1. The molecular formula is C26H18BrF3N2O6S. The lowest BCUT2D eigenvalue weighted by atomic mass is 10.1. The lowest BCUT2D eigenvalue weighted by molar-refractivity contribution is -0.385. The smallest absolute Gasteiger partial charge is 0.416 e. The number of nitro groups is 1. The largest absolute Gasteiger partial charge is 0.490 e. The Morgan fingerprint density at radius 1 is 1.05 bits per heavy atom. The summed E-state index contributed by atoms with van der Waals surface area (Å²) in [7, 11) is 0. The van der Waals surface area contributed by atoms with Crippen molar-refractivity contribution < 1.29 is 37.2 Å². The fourth-order valence-corrected chi connectivity index (χ4v) is 4.84. The van der Waals surface area contributed by atoms with Crippen LogP contribution in [0.25, 0.3) is 6.08 Å². The lowest BCUT2D eigenvalue weighted by Crippen LogP contribution is -2.27. The normalized spacial score (nSPS) is 14.7. The molecule has 0 unspecified atom stereocenters. The van der Waals surface area contributed by atoms with Gasteiger partial charge in [-0.05, 0) is 66.2 Å². The van der Waals surface area contributed by atoms with Crippen molar-refractivity contribution in [3.05, 3.63) is 96.8 Å². The Hall–Kier alpha value is -3.84. The molecule has 1 heterocycles. The van der Waals surface area contributed by atoms with Crippen LogP contribution in [0, 0.1) is 10.1 Å². The minimum absolute atomic E-state index is 0.0129. The van der Waals surface area contributed by atoms with Crippen LogP contribution < -0.4 is 9.47 Å². The monoisotopic (exact) mass is 622 g/mol. The van der Waals surface area contributed by atoms with Gasteiger partial charge in [0.1, 0.15) is 0 Å². The van der Waals surface area contributed by atoms with Gasteiger partial charge in [0.15, 0.2) is 11.5 Å². The average Bonchev–Trinajstić information content (AvgIpc) is 3.13. The number of hydrogen-bond acceptors (Lipinski definition) is 7. The Bertz CT molecular complexity index is 1490. The molecule has 1 saturated heterocycles. The van der Waals surface area contributed by atoms with Gasteiger partial charge in [-0.3, -0.25) is 24.6 Å². The number of nitro benzene ring substituents is 1. The first-order valence-corrected chi connectivity index (χ1v) is 12.9. The Labute approximate surface area is 232 Å². The van der Waals surface area contributed by atoms with E-state index in [-0.39, 0.29) is 29.6 Å². The molecule has 0 aliphatic carbocycles. The maximum Gasteiger partial charge on any atom is 0.416 e. The molecule has 1 aliphatic rings. The van der Waals surface area contributed by atoms with E-state index >= 15 is 0 Å². The van der Waals surface area contributed by atoms with E-state index in [1.54, 1.807) is 19.1 Å². The quantitative estimate of drug-likeness (QED) is 0.143. The van der Waals surface area contributed by atoms with Crippen molar-refractivity contribution in [3.63, 3.8) is 0 Å². The third kappa shape index (κ3) is 6.42. The Balaban J connectivity index is 1.60. The maximum absolute atomic E-state index is 13.0. The summed E-state index contributed by atoms with van der Waals surface area (Å²) in [5.74, 6) is -0.735. The van der Waals surface area contributed by atoms with Crippen LogP contribution in [0.15, 0.2) is 70.0 Å². The first kappa shape index (κ1) is 28.2. The van der Waals surface area contributed by atoms with Crippen LogP contribution >= 0.6 is 27.7 Å². The fourth-order valence-electron chi connectivity index (χ4n) is 3.59. The average molecular weight is 623 g/mol. The minimum atomic E-state index is -4.76. The number of carbonyl (C=O) groups excluding carboxylic acids is 2. The van der Waals surface area contributed by atoms with E-state index in [1.165, 1.54) is 24.3 Å². The third-order valence-corrected chi connectivity index (χ3v) is 7.11. The maximum atomic E-state index is 13.0. The van der Waals surface area contributed by atoms with Crippen molar-refractivity contribution >= 4 is 50.6 Å². The zero-order valence-electron chi connectivity index (χ0n) is 20.0. The number of hydrogen-bond donors (Lipinski definition) is 0. The molecule has 0 atom stereocenters. The summed E-state index contributed by atoms with van der Waals surface area (Å²) >= 11 is 4.19. The predicted molar refractivity (Wildman–Crippen MR) is 141 cm³/mol. The van der Waals surface area contributed by atoms with Gasteiger partial charge in [0.05, 0.1) is 28.5 Å². The molecule has 4 rings (SSSR count). The van der Waals surface area contributed by atoms with Gasteiger partial charge in [-0.1, -0.05) is 40.2 Å². The molecule has 3 aromatic carbocycles. The molecule has 3 aromatic rings. The topological polar surface area (TPSA) is 99.0 Å². The summed E-state index contributed by atoms with van der Waals surface area (Å²) in [6.07, 6.45) is -3.27. The molecule has 0 N–H and O–H groups in total. The van der Waals surface area contributed by atoms with Gasteiger partial charge in [-0.2, -0.15) is 13.2 Å². The van der Waals surface area contributed by atoms with Crippen molar-refractivity contribution in [1.29, 1.82) is 0 Å². The van der Waals surface area contributed by atoms with Crippen molar-refractivity contribution in [1.82, 2.24) is 4.90 Å². The van der Waals surface area contributed by atoms with Crippen LogP contribution in [-0.2, 0) is 17.5 Å². The molecule has 0 saturated carbocycles. The van der Waals surface area contributed by atoms with Crippen LogP contribution in [-0.4, -0.2) is 27.6 Å². The van der Waals surface area contributed by atoms with Gasteiger partial charge >= 0.3 is 11.9 Å². The molecule has 1 aliphatic heterocycles. The zero-order valence-corrected chi connectivity index (χ0v) is 22.4. The Morgan fingerprint density at radius 2 is 1.77 bits per heavy atom. The summed E-state index contributed by atoms with van der Waals surface area (Å²) in [6, 6.07) is 13.6. The van der Waals surface area contributed by atoms with E-state index in [0.29, 0.717) is 17.7 Å². The summed E-state index contributed by atoms with van der Waals surface area (Å²) in [4.78, 5) is 37.3. The lowest BCUT2D eigenvalue weighted by Gasteiger charge is -2.14. The SMILES string of the molecule is CCOc1cc(/C=C2\SC(=O)N(Cc3ccccc3Br)C2=O)ccc1Oc1ccc(C(F)(F)F)cc1[N+](=O)[O-]. The third-order valence-electron chi connectivity index (χ3n) is 5.43. The molecule has 39 heavy (non-hydrogen) atoms. The van der Waals surface area contributed by atoms with E-state index in [9.17, 15) is 32.9 Å². The van der Waals surface area contributed by atoms with Crippen LogP contribution in [0.1, 0.15) is 23.6 Å². The highest BCUT2D eigenvalue weighted by atomic mass is 79.9. The molecule has 13 heteroatoms. The van der Waals surface area contributed by atoms with E-state index in [2.05, 4.69) is 15.9 Å². The molecule has 0 bridgehead atoms. The predicted octanol–water partition coefficient (Wildman–Crippen LogP) is 7.80. The second-order valence-corrected chi connectivity index (χ2v) is 9.89. The number of halogens is 4. The Morgan fingerprint density at radius 3 is 2.44 bits per heavy atom. The minimum Gasteiger partial charge on any atom is -0.490 e. The van der Waals surface area contributed by atoms with E-state index in [4.69, 9.17) is 9.47 Å². The number of amides is 2. The molecule has 2 amide bonds. The van der Waals surface area contributed by atoms with E-state index < -0.39 is 39.2 Å². The highest BCUT2D eigenvalue weighted by molar-refractivity contribution is 9.10. The molecular weight excluding hydrogens is 605 g/mol. The number of carbonyl (C=O) groups is 2. The van der Waals surface area contributed by atoms with Crippen molar-refractivity contribution in [2.24, 2.45) is 0 Å². The summed E-state index contributed by atoms with van der Waals surface area (Å²) in [6.45, 7) is 1.95. The first-order valence-electron chi connectivity index (χ1n) is 11.3. The molecule has 1 fully saturated rings. The zero-order chi connectivity index (χ0) is 28.3. The van der Waals surface area contributed by atoms with Crippen LogP contribution in [0.3, 0.4) is 0 Å². The highest BCUT2D eigenvalue weighted by Gasteiger charge is 2.36. The number of imide groups is 1. The van der Waals surface area contributed by atoms with Gasteiger partial charge in [0, 0.05) is 10.5 Å². The first-order chi connectivity index (χ1) is 18.5. The number of nitrogens with zero attached hydrogens (tertiary/aromatic N) is 2. The van der Waals surface area contributed by atoms with Crippen LogP contribution in [0.2, 0.25) is 0 Å². The molecule has 0 radical (unpaired) electrons. The molecule has 0 aromatic heterocycles. The van der Waals surface area contributed by atoms with Gasteiger partial charge in [0.25, 0.3) is 11.1 Å². The Kier molecular flexibility index (Phi) is 8.31. The van der Waals surface area contributed by atoms with Gasteiger partial charge in [0.2, 0.25) is 5.75 Å². The number of rotatable bonds is 8. The number of benzene rings is 3. The summed E-state index contributed by atoms with van der Waals surface area (Å²) in [5.41, 5.74) is -0.816. The van der Waals surface area contributed by atoms with Gasteiger partial charge < -0.3 is 9.47 Å². The van der Waals surface area contributed by atoms with Crippen molar-refractivity contribution in [2.75, 3.05) is 6.61 Å². The fraction of sp³-hybridized carbons (Fsp3) is 0.154. The van der Waals surface area contributed by atoms with E-state index in [0.717, 1.165) is 32.8 Å². The summed E-state index contributed by atoms with van der Waals surface area (Å²) < 4.78 is 51.0. The van der Waals surface area contributed by atoms with Crippen molar-refractivity contribution in [3.8, 4) is 17.2 Å². The van der Waals surface area contributed by atoms with E-state index in [1.807, 2.05) is 12.1 Å². The standard InChI is InChI=1S/C26H18BrF3N2O6S/c1-2-37-22-11-15(12-23-24(33)31(25(34)39-23)14-16-5-3-4-6-18(16)27)7-9-21(22)38-20-10-8-17(26(28,29)30)13-19(20)32(35)36/h3-13H,2,14H2,1H3/b23-12-. The van der Waals surface area contributed by atoms with Gasteiger partial charge in [-0.25, -0.2) is 0 Å². The summed E-state index contributed by atoms with van der Waals surface area (Å²) in [5, 5.41) is 11.0. The number of alkyl halides is 3. The highest BCUT2D eigenvalue weighted by Crippen LogP contribution is 2.41. The second kappa shape index (κ2) is 11.5. The molecule has 202 valence electrons. The molecule has 8 nitrogen and oxygen atoms in total. The molecule has 0 spiro atoms. The second-order valence-electron chi connectivity index (χ2n) is 8.04. The number of ether oxygens (including phenoxy) is 2. The van der Waals surface area contributed by atoms with Gasteiger partial charge in [-0.15, -0.1) is 0 Å².